The van der Waals surface area contributed by atoms with E-state index in [4.69, 9.17) is 0 Å². The molecule has 10 heteroatoms. The summed E-state index contributed by atoms with van der Waals surface area (Å²) in [6.07, 6.45) is 4.02. The lowest BCUT2D eigenvalue weighted by atomic mass is 10.1. The molecule has 0 saturated carbocycles. The second kappa shape index (κ2) is 9.44. The van der Waals surface area contributed by atoms with Crippen molar-refractivity contribution in [1.82, 2.24) is 19.7 Å². The summed E-state index contributed by atoms with van der Waals surface area (Å²) in [5.74, 6) is 0.817. The van der Waals surface area contributed by atoms with Gasteiger partial charge in [0, 0.05) is 42.3 Å². The number of nitrogens with zero attached hydrogens (tertiary/aromatic N) is 6. The van der Waals surface area contributed by atoms with Crippen molar-refractivity contribution in [2.75, 3.05) is 17.2 Å². The van der Waals surface area contributed by atoms with Gasteiger partial charge >= 0.3 is 0 Å². The largest absolute Gasteiger partial charge is 0.311 e. The standard InChI is InChI=1S/C24H20N6O3S/c31-22(28-13-10-19-14-20(30(32)33)6-7-21(19)28)16-34-24-27-26-23(18-8-11-25-12-9-18)29(24)15-17-4-2-1-3-5-17/h1-9,11-12,14H,10,13,15-16H2. The molecule has 1 aliphatic heterocycles. The molecule has 3 heterocycles. The lowest BCUT2D eigenvalue weighted by Crippen LogP contribution is -2.30. The molecule has 0 unspecified atom stereocenters. The maximum Gasteiger partial charge on any atom is 0.269 e. The third kappa shape index (κ3) is 4.40. The Hall–Kier alpha value is -4.05. The highest BCUT2D eigenvalue weighted by atomic mass is 32.2. The number of thioether (sulfide) groups is 1. The van der Waals surface area contributed by atoms with E-state index in [0.29, 0.717) is 30.5 Å². The number of nitro benzene ring substituents is 1. The van der Waals surface area contributed by atoms with Crippen molar-refractivity contribution in [3.63, 3.8) is 0 Å². The molecule has 0 N–H and O–H groups in total. The van der Waals surface area contributed by atoms with Crippen LogP contribution in [-0.4, -0.2) is 42.9 Å². The first-order valence-electron chi connectivity index (χ1n) is 10.7. The highest BCUT2D eigenvalue weighted by Crippen LogP contribution is 2.32. The molecule has 0 fully saturated rings. The van der Waals surface area contributed by atoms with Gasteiger partial charge < -0.3 is 4.90 Å². The first-order chi connectivity index (χ1) is 16.6. The number of hydrogen-bond acceptors (Lipinski definition) is 7. The Morgan fingerprint density at radius 2 is 1.85 bits per heavy atom. The Labute approximate surface area is 199 Å². The second-order valence-corrected chi connectivity index (χ2v) is 8.71. The van der Waals surface area contributed by atoms with Crippen LogP contribution in [0.5, 0.6) is 0 Å². The van der Waals surface area contributed by atoms with Gasteiger partial charge in [0.15, 0.2) is 11.0 Å². The molecular formula is C24H20N6O3S. The average molecular weight is 473 g/mol. The van der Waals surface area contributed by atoms with Gasteiger partial charge in [0.05, 0.1) is 17.2 Å². The smallest absolute Gasteiger partial charge is 0.269 e. The third-order valence-electron chi connectivity index (χ3n) is 5.63. The number of non-ortho nitro benzene ring substituents is 1. The van der Waals surface area contributed by atoms with Crippen molar-refractivity contribution >= 4 is 29.0 Å². The average Bonchev–Trinajstić information content (AvgIpc) is 3.47. The molecule has 5 rings (SSSR count). The summed E-state index contributed by atoms with van der Waals surface area (Å²) in [6.45, 7) is 1.08. The number of carbonyl (C=O) groups excluding carboxylic acids is 1. The maximum atomic E-state index is 13.1. The fraction of sp³-hybridized carbons (Fsp3) is 0.167. The van der Waals surface area contributed by atoms with Gasteiger partial charge in [-0.2, -0.15) is 0 Å². The van der Waals surface area contributed by atoms with Gasteiger partial charge in [-0.3, -0.25) is 24.5 Å². The van der Waals surface area contributed by atoms with Crippen LogP contribution in [0.15, 0.2) is 78.2 Å². The highest BCUT2D eigenvalue weighted by molar-refractivity contribution is 7.99. The second-order valence-electron chi connectivity index (χ2n) is 7.77. The Balaban J connectivity index is 1.36. The molecule has 4 aromatic rings. The van der Waals surface area contributed by atoms with Crippen LogP contribution < -0.4 is 4.90 Å². The number of anilines is 1. The van der Waals surface area contributed by atoms with Gasteiger partial charge in [0.25, 0.3) is 5.69 Å². The van der Waals surface area contributed by atoms with Crippen molar-refractivity contribution in [3.05, 3.63) is 94.3 Å². The Morgan fingerprint density at radius 3 is 2.62 bits per heavy atom. The normalized spacial score (nSPS) is 12.5. The number of rotatable bonds is 7. The van der Waals surface area contributed by atoms with E-state index in [1.165, 1.54) is 17.8 Å². The number of nitro groups is 1. The van der Waals surface area contributed by atoms with Gasteiger partial charge in [0.2, 0.25) is 5.91 Å². The molecule has 0 bridgehead atoms. The minimum absolute atomic E-state index is 0.0417. The molecule has 1 aliphatic rings. The maximum absolute atomic E-state index is 13.1. The van der Waals surface area contributed by atoms with Crippen molar-refractivity contribution in [2.45, 2.75) is 18.1 Å². The van der Waals surface area contributed by atoms with E-state index in [1.807, 2.05) is 47.0 Å². The number of amides is 1. The molecule has 34 heavy (non-hydrogen) atoms. The fourth-order valence-electron chi connectivity index (χ4n) is 3.98. The van der Waals surface area contributed by atoms with Crippen LogP contribution in [0.4, 0.5) is 11.4 Å². The van der Waals surface area contributed by atoms with Gasteiger partial charge in [-0.15, -0.1) is 10.2 Å². The molecule has 0 saturated heterocycles. The molecule has 0 aliphatic carbocycles. The predicted octanol–water partition coefficient (Wildman–Crippen LogP) is 3.98. The zero-order valence-electron chi connectivity index (χ0n) is 18.1. The van der Waals surface area contributed by atoms with E-state index >= 15 is 0 Å². The molecule has 0 atom stereocenters. The number of hydrogen-bond donors (Lipinski definition) is 0. The predicted molar refractivity (Wildman–Crippen MR) is 129 cm³/mol. The Kier molecular flexibility index (Phi) is 6.05. The number of fused-ring (bicyclic) bond motifs is 1. The van der Waals surface area contributed by atoms with Crippen LogP contribution in [0.2, 0.25) is 0 Å². The molecule has 0 spiro atoms. The minimum atomic E-state index is -0.416. The first kappa shape index (κ1) is 21.8. The molecule has 2 aromatic carbocycles. The summed E-state index contributed by atoms with van der Waals surface area (Å²) in [6, 6.07) is 18.4. The van der Waals surface area contributed by atoms with E-state index in [0.717, 1.165) is 22.4 Å². The van der Waals surface area contributed by atoms with E-state index in [-0.39, 0.29) is 17.3 Å². The van der Waals surface area contributed by atoms with Crippen molar-refractivity contribution in [1.29, 1.82) is 0 Å². The monoisotopic (exact) mass is 472 g/mol. The van der Waals surface area contributed by atoms with E-state index < -0.39 is 4.92 Å². The lowest BCUT2D eigenvalue weighted by molar-refractivity contribution is -0.384. The summed E-state index contributed by atoms with van der Waals surface area (Å²) in [7, 11) is 0. The van der Waals surface area contributed by atoms with Gasteiger partial charge in [-0.25, -0.2) is 0 Å². The molecule has 0 radical (unpaired) electrons. The zero-order valence-corrected chi connectivity index (χ0v) is 18.9. The van der Waals surface area contributed by atoms with Crippen LogP contribution in [0.3, 0.4) is 0 Å². The van der Waals surface area contributed by atoms with Crippen LogP contribution in [-0.2, 0) is 17.8 Å². The van der Waals surface area contributed by atoms with Gasteiger partial charge in [-0.1, -0.05) is 42.1 Å². The summed E-state index contributed by atoms with van der Waals surface area (Å²) in [5.41, 5.74) is 3.59. The topological polar surface area (TPSA) is 107 Å². The summed E-state index contributed by atoms with van der Waals surface area (Å²) < 4.78 is 2.00. The van der Waals surface area contributed by atoms with Crippen LogP contribution in [0, 0.1) is 10.1 Å². The van der Waals surface area contributed by atoms with E-state index in [2.05, 4.69) is 15.2 Å². The summed E-state index contributed by atoms with van der Waals surface area (Å²) >= 11 is 1.33. The fourth-order valence-corrected chi connectivity index (χ4v) is 4.80. The molecule has 170 valence electrons. The van der Waals surface area contributed by atoms with Crippen LogP contribution in [0.1, 0.15) is 11.1 Å². The Morgan fingerprint density at radius 1 is 1.06 bits per heavy atom. The molecule has 1 amide bonds. The van der Waals surface area contributed by atoms with E-state index in [1.54, 1.807) is 29.4 Å². The molecule has 2 aromatic heterocycles. The van der Waals surface area contributed by atoms with Crippen molar-refractivity contribution < 1.29 is 9.72 Å². The molecular weight excluding hydrogens is 452 g/mol. The first-order valence-corrected chi connectivity index (χ1v) is 11.7. The SMILES string of the molecule is O=C(CSc1nnc(-c2ccncc2)n1Cc1ccccc1)N1CCc2cc([N+](=O)[O-])ccc21. The van der Waals surface area contributed by atoms with Crippen LogP contribution >= 0.6 is 11.8 Å². The summed E-state index contributed by atoms with van der Waals surface area (Å²) in [4.78, 5) is 29.4. The Bertz CT molecular complexity index is 1340. The number of carbonyl (C=O) groups is 1. The van der Waals surface area contributed by atoms with Crippen LogP contribution in [0.25, 0.3) is 11.4 Å². The van der Waals surface area contributed by atoms with Crippen molar-refractivity contribution in [2.24, 2.45) is 0 Å². The zero-order chi connectivity index (χ0) is 23.5. The van der Waals surface area contributed by atoms with E-state index in [9.17, 15) is 14.9 Å². The third-order valence-corrected chi connectivity index (χ3v) is 6.59. The minimum Gasteiger partial charge on any atom is -0.311 e. The number of pyridine rings is 1. The lowest BCUT2D eigenvalue weighted by Gasteiger charge is -2.17. The number of benzene rings is 2. The number of aromatic nitrogens is 4. The van der Waals surface area contributed by atoms with Gasteiger partial charge in [0.1, 0.15) is 0 Å². The highest BCUT2D eigenvalue weighted by Gasteiger charge is 2.27. The quantitative estimate of drug-likeness (QED) is 0.227. The van der Waals surface area contributed by atoms with Crippen molar-refractivity contribution in [3.8, 4) is 11.4 Å². The molecule has 9 nitrogen and oxygen atoms in total. The van der Waals surface area contributed by atoms with Gasteiger partial charge in [-0.05, 0) is 35.7 Å². The summed E-state index contributed by atoms with van der Waals surface area (Å²) in [5, 5.41) is 20.5.